The third-order valence-corrected chi connectivity index (χ3v) is 7.80. The van der Waals surface area contributed by atoms with Crippen LogP contribution in [0.4, 0.5) is 0 Å². The first-order chi connectivity index (χ1) is 15.4. The van der Waals surface area contributed by atoms with Crippen molar-refractivity contribution in [1.29, 1.82) is 5.26 Å². The fraction of sp³-hybridized carbons (Fsp3) is 0.321. The van der Waals surface area contributed by atoms with E-state index >= 15 is 0 Å². The lowest BCUT2D eigenvalue weighted by Gasteiger charge is -2.32. The van der Waals surface area contributed by atoms with Gasteiger partial charge in [-0.1, -0.05) is 49.7 Å². The molecule has 0 N–H and O–H groups in total. The summed E-state index contributed by atoms with van der Waals surface area (Å²) in [5, 5.41) is 10.0. The summed E-state index contributed by atoms with van der Waals surface area (Å²) in [6, 6.07) is 20.8. The van der Waals surface area contributed by atoms with Crippen LogP contribution in [0.25, 0.3) is 22.3 Å². The second kappa shape index (κ2) is 7.21. The first-order valence-corrected chi connectivity index (χ1v) is 11.7. The van der Waals surface area contributed by atoms with Gasteiger partial charge in [-0.25, -0.2) is 0 Å². The van der Waals surface area contributed by atoms with Gasteiger partial charge in [-0.15, -0.1) is 0 Å². The molecule has 0 atom stereocenters. The van der Waals surface area contributed by atoms with Crippen molar-refractivity contribution in [2.45, 2.75) is 58.2 Å². The highest BCUT2D eigenvalue weighted by molar-refractivity contribution is 6.62. The molecule has 0 radical (unpaired) electrons. The Labute approximate surface area is 201 Å². The van der Waals surface area contributed by atoms with Gasteiger partial charge in [0.2, 0.25) is 0 Å². The summed E-state index contributed by atoms with van der Waals surface area (Å²) < 4.78 is 12.5. The fourth-order valence-electron chi connectivity index (χ4n) is 4.88. The van der Waals surface area contributed by atoms with E-state index < -0.39 is 18.3 Å². The highest BCUT2D eigenvalue weighted by atomic mass is 35.5. The van der Waals surface area contributed by atoms with Crippen LogP contribution < -0.4 is 5.46 Å². The lowest BCUT2D eigenvalue weighted by molar-refractivity contribution is 0.00578. The van der Waals surface area contributed by atoms with E-state index in [9.17, 15) is 5.26 Å². The summed E-state index contributed by atoms with van der Waals surface area (Å²) in [4.78, 5) is 0. The van der Waals surface area contributed by atoms with E-state index in [-0.39, 0.29) is 5.41 Å². The number of hydrogen-bond acceptors (Lipinski definition) is 3. The molecule has 0 aromatic heterocycles. The molecule has 5 rings (SSSR count). The molecule has 3 nitrogen and oxygen atoms in total. The number of hydrogen-bond donors (Lipinski definition) is 0. The van der Waals surface area contributed by atoms with E-state index in [4.69, 9.17) is 20.9 Å². The van der Waals surface area contributed by atoms with E-state index in [1.54, 1.807) is 0 Å². The lowest BCUT2D eigenvalue weighted by Crippen LogP contribution is -2.41. The predicted molar refractivity (Wildman–Crippen MR) is 135 cm³/mol. The Hall–Kier alpha value is -2.58. The normalized spacial score (nSPS) is 19.2. The van der Waals surface area contributed by atoms with Gasteiger partial charge in [0.15, 0.2) is 0 Å². The molecule has 0 spiro atoms. The van der Waals surface area contributed by atoms with Crippen LogP contribution in [0.2, 0.25) is 5.02 Å². The van der Waals surface area contributed by atoms with Crippen molar-refractivity contribution in [3.63, 3.8) is 0 Å². The minimum atomic E-state index is -0.466. The molecular formula is C28H27BClNO2. The van der Waals surface area contributed by atoms with Crippen molar-refractivity contribution < 1.29 is 9.31 Å². The molecule has 3 aromatic carbocycles. The molecule has 1 aliphatic heterocycles. The van der Waals surface area contributed by atoms with Crippen molar-refractivity contribution in [3.05, 3.63) is 76.3 Å². The molecule has 0 amide bonds. The van der Waals surface area contributed by atoms with E-state index in [2.05, 4.69) is 77.9 Å². The second-order valence-electron chi connectivity index (χ2n) is 10.6. The van der Waals surface area contributed by atoms with Gasteiger partial charge in [0.25, 0.3) is 0 Å². The zero-order valence-corrected chi connectivity index (χ0v) is 20.7. The van der Waals surface area contributed by atoms with Crippen molar-refractivity contribution >= 4 is 24.2 Å². The van der Waals surface area contributed by atoms with Gasteiger partial charge < -0.3 is 9.31 Å². The summed E-state index contributed by atoms with van der Waals surface area (Å²) in [5.41, 5.74) is 7.57. The highest BCUT2D eigenvalue weighted by Crippen LogP contribution is 2.50. The van der Waals surface area contributed by atoms with Crippen LogP contribution in [0, 0.1) is 11.3 Å². The molecule has 1 saturated heterocycles. The number of nitrogens with zero attached hydrogens (tertiary/aromatic N) is 1. The maximum atomic E-state index is 9.37. The largest absolute Gasteiger partial charge is 0.494 e. The number of benzene rings is 3. The molecule has 3 aromatic rings. The number of halogens is 1. The third kappa shape index (κ3) is 3.42. The van der Waals surface area contributed by atoms with E-state index in [0.29, 0.717) is 10.6 Å². The van der Waals surface area contributed by atoms with Crippen LogP contribution in [-0.4, -0.2) is 18.3 Å². The van der Waals surface area contributed by atoms with Gasteiger partial charge in [-0.05, 0) is 96.9 Å². The summed E-state index contributed by atoms with van der Waals surface area (Å²) in [5.74, 6) is 0. The molecule has 0 saturated carbocycles. The van der Waals surface area contributed by atoms with Crippen LogP contribution in [-0.2, 0) is 14.7 Å². The zero-order valence-electron chi connectivity index (χ0n) is 19.9. The third-order valence-electron chi connectivity index (χ3n) is 7.58. The van der Waals surface area contributed by atoms with Gasteiger partial charge in [-0.3, -0.25) is 0 Å². The summed E-state index contributed by atoms with van der Waals surface area (Å²) in [6.45, 7) is 12.6. The smallest absolute Gasteiger partial charge is 0.399 e. The van der Waals surface area contributed by atoms with E-state index in [1.165, 1.54) is 22.3 Å². The van der Waals surface area contributed by atoms with Crippen molar-refractivity contribution in [3.8, 4) is 28.3 Å². The molecular weight excluding hydrogens is 429 g/mol. The van der Waals surface area contributed by atoms with Crippen LogP contribution in [0.1, 0.15) is 58.2 Å². The monoisotopic (exact) mass is 455 g/mol. The van der Waals surface area contributed by atoms with Crippen LogP contribution in [0.15, 0.2) is 54.6 Å². The average molecular weight is 456 g/mol. The first kappa shape index (κ1) is 22.2. The molecule has 166 valence electrons. The maximum absolute atomic E-state index is 9.37. The summed E-state index contributed by atoms with van der Waals surface area (Å²) in [7, 11) is -0.466. The Kier molecular flexibility index (Phi) is 4.86. The van der Waals surface area contributed by atoms with Gasteiger partial charge in [0.05, 0.1) is 22.8 Å². The molecule has 0 unspecified atom stereocenters. The molecule has 1 heterocycles. The molecule has 33 heavy (non-hydrogen) atoms. The number of nitriles is 1. The Bertz CT molecular complexity index is 1320. The van der Waals surface area contributed by atoms with Crippen molar-refractivity contribution in [2.24, 2.45) is 0 Å². The van der Waals surface area contributed by atoms with Gasteiger partial charge in [0.1, 0.15) is 0 Å². The van der Waals surface area contributed by atoms with Crippen molar-refractivity contribution in [1.82, 2.24) is 0 Å². The Morgan fingerprint density at radius 3 is 2.00 bits per heavy atom. The highest BCUT2D eigenvalue weighted by Gasteiger charge is 2.51. The molecule has 5 heteroatoms. The average Bonchev–Trinajstić information content (AvgIpc) is 3.12. The quantitative estimate of drug-likeness (QED) is 0.415. The number of rotatable bonds is 2. The van der Waals surface area contributed by atoms with Crippen LogP contribution in [0.5, 0.6) is 0 Å². The Balaban J connectivity index is 1.57. The standard InChI is InChI=1S/C28H27BClNO2/c1-26(2)24-11-17(16-31)7-9-22(24)23-10-8-18(14-25(23)26)19-12-20(15-21(30)13-19)29-32-27(3,4)28(5,6)33-29/h7-15H,1-6H3. The van der Waals surface area contributed by atoms with E-state index in [1.807, 2.05) is 24.3 Å². The summed E-state index contributed by atoms with van der Waals surface area (Å²) in [6.07, 6.45) is 0. The molecule has 1 fully saturated rings. The molecule has 1 aliphatic carbocycles. The van der Waals surface area contributed by atoms with Crippen LogP contribution in [0.3, 0.4) is 0 Å². The van der Waals surface area contributed by atoms with E-state index in [0.717, 1.165) is 16.6 Å². The fourth-order valence-corrected chi connectivity index (χ4v) is 5.12. The Morgan fingerprint density at radius 1 is 0.758 bits per heavy atom. The molecule has 2 aliphatic rings. The minimum Gasteiger partial charge on any atom is -0.399 e. The molecule has 0 bridgehead atoms. The zero-order chi connectivity index (χ0) is 23.8. The number of fused-ring (bicyclic) bond motifs is 3. The van der Waals surface area contributed by atoms with Gasteiger partial charge in [-0.2, -0.15) is 5.26 Å². The van der Waals surface area contributed by atoms with Gasteiger partial charge >= 0.3 is 7.12 Å². The minimum absolute atomic E-state index is 0.194. The summed E-state index contributed by atoms with van der Waals surface area (Å²) >= 11 is 6.56. The maximum Gasteiger partial charge on any atom is 0.494 e. The second-order valence-corrected chi connectivity index (χ2v) is 11.1. The first-order valence-electron chi connectivity index (χ1n) is 11.3. The SMILES string of the molecule is CC1(C)c2cc(C#N)ccc2-c2ccc(-c3cc(Cl)cc(B4OC(C)(C)C(C)(C)O4)c3)cc21. The van der Waals surface area contributed by atoms with Crippen molar-refractivity contribution in [2.75, 3.05) is 0 Å². The lowest BCUT2D eigenvalue weighted by atomic mass is 9.77. The Morgan fingerprint density at radius 2 is 1.36 bits per heavy atom. The van der Waals surface area contributed by atoms with Crippen LogP contribution >= 0.6 is 11.6 Å². The topological polar surface area (TPSA) is 42.2 Å². The van der Waals surface area contributed by atoms with Gasteiger partial charge in [0, 0.05) is 10.4 Å². The predicted octanol–water partition coefficient (Wildman–Crippen LogP) is 6.48.